The largest absolute Gasteiger partial charge is 0.497 e. The number of nitrogens with one attached hydrogen (secondary N) is 2. The van der Waals surface area contributed by atoms with Gasteiger partial charge in [0.2, 0.25) is 5.91 Å². The zero-order chi connectivity index (χ0) is 18.8. The first-order valence-corrected chi connectivity index (χ1v) is 9.62. The normalized spacial score (nSPS) is 15.7. The molecule has 0 aliphatic carbocycles. The predicted molar refractivity (Wildman–Crippen MR) is 102 cm³/mol. The number of amides is 1. The second-order valence-electron chi connectivity index (χ2n) is 6.32. The van der Waals surface area contributed by atoms with Crippen molar-refractivity contribution in [2.24, 2.45) is 0 Å². The number of methoxy groups -OCH3 is 1. The van der Waals surface area contributed by atoms with Crippen LogP contribution in [0.25, 0.3) is 11.0 Å². The SMILES string of the molecule is COc1ccc(CCNC(=O)CC2CSc3nc4[nH]ncc4c(=O)n32)cc1. The van der Waals surface area contributed by atoms with Gasteiger partial charge in [-0.3, -0.25) is 19.3 Å². The van der Waals surface area contributed by atoms with Crippen LogP contribution in [-0.2, 0) is 11.2 Å². The summed E-state index contributed by atoms with van der Waals surface area (Å²) in [5, 5.41) is 10.6. The van der Waals surface area contributed by atoms with Gasteiger partial charge in [-0.05, 0) is 24.1 Å². The third-order valence-corrected chi connectivity index (χ3v) is 5.67. The van der Waals surface area contributed by atoms with Crippen LogP contribution in [0.3, 0.4) is 0 Å². The highest BCUT2D eigenvalue weighted by Gasteiger charge is 2.28. The van der Waals surface area contributed by atoms with Crippen LogP contribution in [-0.4, -0.2) is 45.1 Å². The number of aromatic nitrogens is 4. The van der Waals surface area contributed by atoms with Gasteiger partial charge in [-0.2, -0.15) is 5.10 Å². The fraction of sp³-hybridized carbons (Fsp3) is 0.333. The maximum atomic E-state index is 12.6. The topological polar surface area (TPSA) is 102 Å². The van der Waals surface area contributed by atoms with Gasteiger partial charge in [0.15, 0.2) is 10.8 Å². The Kier molecular flexibility index (Phi) is 4.85. The number of rotatable bonds is 6. The molecule has 0 spiro atoms. The lowest BCUT2D eigenvalue weighted by molar-refractivity contribution is -0.121. The van der Waals surface area contributed by atoms with Crippen molar-refractivity contribution >= 4 is 28.7 Å². The average Bonchev–Trinajstić information content (AvgIpc) is 3.30. The van der Waals surface area contributed by atoms with Crippen molar-refractivity contribution in [3.8, 4) is 5.75 Å². The summed E-state index contributed by atoms with van der Waals surface area (Å²) in [6.45, 7) is 0.547. The van der Waals surface area contributed by atoms with Crippen molar-refractivity contribution in [1.29, 1.82) is 0 Å². The van der Waals surface area contributed by atoms with Gasteiger partial charge in [0, 0.05) is 18.7 Å². The van der Waals surface area contributed by atoms with E-state index in [0.717, 1.165) is 17.7 Å². The van der Waals surface area contributed by atoms with E-state index in [1.165, 1.54) is 18.0 Å². The summed E-state index contributed by atoms with van der Waals surface area (Å²) in [6.07, 6.45) is 2.48. The van der Waals surface area contributed by atoms with Crippen molar-refractivity contribution in [3.63, 3.8) is 0 Å². The van der Waals surface area contributed by atoms with E-state index in [-0.39, 0.29) is 23.9 Å². The molecule has 0 radical (unpaired) electrons. The Labute approximate surface area is 159 Å². The summed E-state index contributed by atoms with van der Waals surface area (Å²) in [5.41, 5.74) is 1.47. The molecule has 1 unspecified atom stereocenters. The first-order chi connectivity index (χ1) is 13.2. The van der Waals surface area contributed by atoms with Crippen LogP contribution in [0.1, 0.15) is 18.0 Å². The monoisotopic (exact) mass is 385 g/mol. The van der Waals surface area contributed by atoms with E-state index in [9.17, 15) is 9.59 Å². The van der Waals surface area contributed by atoms with Gasteiger partial charge >= 0.3 is 0 Å². The van der Waals surface area contributed by atoms with E-state index >= 15 is 0 Å². The van der Waals surface area contributed by atoms with E-state index < -0.39 is 0 Å². The van der Waals surface area contributed by atoms with Gasteiger partial charge in [0.25, 0.3) is 5.56 Å². The molecule has 1 aromatic carbocycles. The Hall–Kier alpha value is -2.81. The molecule has 1 amide bonds. The fourth-order valence-electron chi connectivity index (χ4n) is 3.13. The maximum absolute atomic E-state index is 12.6. The number of hydrogen-bond acceptors (Lipinski definition) is 6. The summed E-state index contributed by atoms with van der Waals surface area (Å²) in [5.74, 6) is 1.40. The van der Waals surface area contributed by atoms with Gasteiger partial charge in [-0.15, -0.1) is 0 Å². The molecular formula is C18H19N5O3S. The van der Waals surface area contributed by atoms with E-state index in [2.05, 4.69) is 20.5 Å². The molecule has 1 aliphatic rings. The summed E-state index contributed by atoms with van der Waals surface area (Å²) in [4.78, 5) is 29.4. The molecule has 27 heavy (non-hydrogen) atoms. The van der Waals surface area contributed by atoms with Crippen molar-refractivity contribution in [2.75, 3.05) is 19.4 Å². The van der Waals surface area contributed by atoms with Crippen LogP contribution < -0.4 is 15.6 Å². The number of aromatic amines is 1. The molecule has 1 atom stereocenters. The molecule has 0 saturated carbocycles. The van der Waals surface area contributed by atoms with Crippen molar-refractivity contribution in [2.45, 2.75) is 24.0 Å². The van der Waals surface area contributed by atoms with Crippen LogP contribution in [0.4, 0.5) is 0 Å². The molecule has 0 fully saturated rings. The highest BCUT2D eigenvalue weighted by molar-refractivity contribution is 7.99. The van der Waals surface area contributed by atoms with Crippen LogP contribution >= 0.6 is 11.8 Å². The summed E-state index contributed by atoms with van der Waals surface area (Å²) in [6, 6.07) is 7.58. The van der Waals surface area contributed by atoms with Crippen LogP contribution in [0.15, 0.2) is 40.4 Å². The molecule has 0 saturated heterocycles. The van der Waals surface area contributed by atoms with Crippen LogP contribution in [0.5, 0.6) is 5.75 Å². The Morgan fingerprint density at radius 3 is 3.00 bits per heavy atom. The Bertz CT molecular complexity index is 1030. The zero-order valence-electron chi connectivity index (χ0n) is 14.8. The standard InChI is InChI=1S/C18H19N5O3S/c1-26-13-4-2-11(3-5-13)6-7-19-15(24)8-12-10-27-18-21-16-14(9-20-22-16)17(25)23(12)18/h2-5,9,12H,6-8,10H2,1H3,(H,19,24)(H,20,22). The highest BCUT2D eigenvalue weighted by atomic mass is 32.2. The Balaban J connectivity index is 1.36. The summed E-state index contributed by atoms with van der Waals surface area (Å²) < 4.78 is 6.75. The third-order valence-electron chi connectivity index (χ3n) is 4.57. The molecule has 2 aromatic heterocycles. The van der Waals surface area contributed by atoms with Gasteiger partial charge in [-0.25, -0.2) is 4.98 Å². The third kappa shape index (κ3) is 3.55. The van der Waals surface area contributed by atoms with E-state index in [0.29, 0.717) is 28.5 Å². The number of thioether (sulfide) groups is 1. The first kappa shape index (κ1) is 17.6. The lowest BCUT2D eigenvalue weighted by atomic mass is 10.1. The number of benzene rings is 1. The Morgan fingerprint density at radius 1 is 1.41 bits per heavy atom. The van der Waals surface area contributed by atoms with Crippen molar-refractivity contribution < 1.29 is 9.53 Å². The lowest BCUT2D eigenvalue weighted by Gasteiger charge is -2.13. The number of hydrogen-bond donors (Lipinski definition) is 2. The van der Waals surface area contributed by atoms with Gasteiger partial charge in [0.05, 0.1) is 19.3 Å². The molecule has 3 heterocycles. The molecule has 8 nitrogen and oxygen atoms in total. The summed E-state index contributed by atoms with van der Waals surface area (Å²) >= 11 is 1.49. The molecule has 9 heteroatoms. The molecule has 0 bridgehead atoms. The summed E-state index contributed by atoms with van der Waals surface area (Å²) in [7, 11) is 1.63. The van der Waals surface area contributed by atoms with E-state index in [1.807, 2.05) is 24.3 Å². The van der Waals surface area contributed by atoms with E-state index in [1.54, 1.807) is 11.7 Å². The minimum atomic E-state index is -0.190. The molecule has 2 N–H and O–H groups in total. The van der Waals surface area contributed by atoms with E-state index in [4.69, 9.17) is 4.74 Å². The molecule has 4 rings (SSSR count). The molecular weight excluding hydrogens is 366 g/mol. The van der Waals surface area contributed by atoms with Gasteiger partial charge < -0.3 is 10.1 Å². The van der Waals surface area contributed by atoms with Gasteiger partial charge in [0.1, 0.15) is 11.1 Å². The number of carbonyl (C=O) groups is 1. The van der Waals surface area contributed by atoms with Crippen LogP contribution in [0, 0.1) is 0 Å². The minimum absolute atomic E-state index is 0.0684. The van der Waals surface area contributed by atoms with Crippen molar-refractivity contribution in [3.05, 3.63) is 46.4 Å². The van der Waals surface area contributed by atoms with Crippen LogP contribution in [0.2, 0.25) is 0 Å². The molecule has 3 aromatic rings. The number of fused-ring (bicyclic) bond motifs is 2. The quantitative estimate of drug-likeness (QED) is 0.624. The second-order valence-corrected chi connectivity index (χ2v) is 7.31. The number of H-pyrrole nitrogens is 1. The van der Waals surface area contributed by atoms with Gasteiger partial charge in [-0.1, -0.05) is 23.9 Å². The second kappa shape index (κ2) is 7.43. The number of ether oxygens (including phenoxy) is 1. The predicted octanol–water partition coefficient (Wildman–Crippen LogP) is 1.52. The zero-order valence-corrected chi connectivity index (χ0v) is 15.6. The smallest absolute Gasteiger partial charge is 0.265 e. The molecule has 140 valence electrons. The maximum Gasteiger partial charge on any atom is 0.265 e. The Morgan fingerprint density at radius 2 is 2.22 bits per heavy atom. The lowest BCUT2D eigenvalue weighted by Crippen LogP contribution is -2.31. The first-order valence-electron chi connectivity index (χ1n) is 8.64. The molecule has 1 aliphatic heterocycles. The average molecular weight is 385 g/mol. The van der Waals surface area contributed by atoms with Crippen molar-refractivity contribution in [1.82, 2.24) is 25.1 Å². The fourth-order valence-corrected chi connectivity index (χ4v) is 4.27. The minimum Gasteiger partial charge on any atom is -0.497 e. The highest BCUT2D eigenvalue weighted by Crippen LogP contribution is 2.32. The number of carbonyl (C=O) groups excluding carboxylic acids is 1. The number of nitrogens with zero attached hydrogens (tertiary/aromatic N) is 3.